The summed E-state index contributed by atoms with van der Waals surface area (Å²) in [5.41, 5.74) is 0.276. The topological polar surface area (TPSA) is 73.0 Å². The van der Waals surface area contributed by atoms with E-state index < -0.39 is 5.54 Å². The zero-order chi connectivity index (χ0) is 24.8. The van der Waals surface area contributed by atoms with Gasteiger partial charge in [-0.1, -0.05) is 49.6 Å². The van der Waals surface area contributed by atoms with Crippen LogP contribution in [0.5, 0.6) is 0 Å². The number of nitrogens with one attached hydrogen (secondary N) is 1. The van der Waals surface area contributed by atoms with Gasteiger partial charge in [-0.25, -0.2) is 4.79 Å². The highest BCUT2D eigenvalue weighted by molar-refractivity contribution is 6.07. The summed E-state index contributed by atoms with van der Waals surface area (Å²) in [6, 6.07) is 9.88. The molecule has 2 aliphatic heterocycles. The number of carbonyl (C=O) groups excluding carboxylic acids is 3. The average Bonchev–Trinajstić information content (AvgIpc) is 3.12. The molecule has 3 aliphatic rings. The third kappa shape index (κ3) is 6.05. The van der Waals surface area contributed by atoms with Crippen molar-refractivity contribution >= 4 is 17.8 Å². The highest BCUT2D eigenvalue weighted by Gasteiger charge is 2.55. The van der Waals surface area contributed by atoms with E-state index in [0.29, 0.717) is 44.9 Å². The molecule has 7 nitrogen and oxygen atoms in total. The second-order valence-corrected chi connectivity index (χ2v) is 11.0. The number of likely N-dealkylation sites (N-methyl/N-ethyl adjacent to an activating group) is 1. The van der Waals surface area contributed by atoms with Gasteiger partial charge in [0.1, 0.15) is 5.54 Å². The fourth-order valence-corrected chi connectivity index (χ4v) is 6.17. The van der Waals surface area contributed by atoms with Gasteiger partial charge in [-0.3, -0.25) is 14.5 Å². The molecule has 35 heavy (non-hydrogen) atoms. The van der Waals surface area contributed by atoms with Crippen LogP contribution in [0.2, 0.25) is 0 Å². The van der Waals surface area contributed by atoms with E-state index >= 15 is 0 Å². The summed E-state index contributed by atoms with van der Waals surface area (Å²) >= 11 is 0. The van der Waals surface area contributed by atoms with Gasteiger partial charge in [-0.15, -0.1) is 0 Å². The number of hydrogen-bond acceptors (Lipinski definition) is 4. The third-order valence-electron chi connectivity index (χ3n) is 8.36. The first-order valence-electron chi connectivity index (χ1n) is 13.5. The third-order valence-corrected chi connectivity index (χ3v) is 8.36. The van der Waals surface area contributed by atoms with Crippen LogP contribution >= 0.6 is 0 Å². The number of amides is 4. The lowest BCUT2D eigenvalue weighted by Crippen LogP contribution is -2.57. The van der Waals surface area contributed by atoms with Crippen LogP contribution in [0, 0.1) is 11.8 Å². The van der Waals surface area contributed by atoms with Gasteiger partial charge in [0.05, 0.1) is 0 Å². The molecule has 192 valence electrons. The van der Waals surface area contributed by atoms with Gasteiger partial charge in [-0.05, 0) is 70.0 Å². The number of rotatable bonds is 9. The van der Waals surface area contributed by atoms with E-state index in [1.807, 2.05) is 42.1 Å². The van der Waals surface area contributed by atoms with Crippen LogP contribution in [0.25, 0.3) is 0 Å². The normalized spacial score (nSPS) is 24.3. The van der Waals surface area contributed by atoms with E-state index in [-0.39, 0.29) is 23.8 Å². The first-order chi connectivity index (χ1) is 16.9. The monoisotopic (exact) mass is 482 g/mol. The molecule has 0 aromatic heterocycles. The second-order valence-electron chi connectivity index (χ2n) is 11.0. The molecule has 0 bridgehead atoms. The van der Waals surface area contributed by atoms with E-state index in [1.165, 1.54) is 42.6 Å². The number of carbonyl (C=O) groups is 3. The van der Waals surface area contributed by atoms with E-state index in [1.54, 1.807) is 0 Å². The van der Waals surface area contributed by atoms with Gasteiger partial charge in [0.2, 0.25) is 5.91 Å². The van der Waals surface area contributed by atoms with Crippen LogP contribution in [0.1, 0.15) is 63.4 Å². The highest BCUT2D eigenvalue weighted by atomic mass is 16.2. The van der Waals surface area contributed by atoms with Gasteiger partial charge in [0.15, 0.2) is 0 Å². The SMILES string of the molecule is CN(C)CCN1C(=O)N[C@@](CCc2ccccc2)(C2CCN(C(=O)CC3CCCCC3)CC2)C1=O. The quantitative estimate of drug-likeness (QED) is 0.545. The summed E-state index contributed by atoms with van der Waals surface area (Å²) in [6.07, 6.45) is 9.62. The number of benzene rings is 1. The van der Waals surface area contributed by atoms with Crippen LogP contribution in [0.4, 0.5) is 4.79 Å². The molecule has 0 radical (unpaired) electrons. The highest BCUT2D eigenvalue weighted by Crippen LogP contribution is 2.38. The van der Waals surface area contributed by atoms with Crippen molar-refractivity contribution in [2.45, 2.75) is 69.7 Å². The molecule has 1 aromatic rings. The standard InChI is InChI=1S/C28H42N4O3/c1-30(2)19-20-32-26(34)28(29-27(32)35,16-13-22-9-5-3-6-10-22)24-14-17-31(18-15-24)25(33)21-23-11-7-4-8-12-23/h3,5-6,9-10,23-24H,4,7-8,11-21H2,1-2H3,(H,29,35)/t28-/m0/s1. The predicted octanol–water partition coefficient (Wildman–Crippen LogP) is 3.68. The number of nitrogens with zero attached hydrogens (tertiary/aromatic N) is 3. The van der Waals surface area contributed by atoms with Gasteiger partial charge < -0.3 is 15.1 Å². The molecule has 0 spiro atoms. The lowest BCUT2D eigenvalue weighted by molar-refractivity contribution is -0.137. The molecule has 1 saturated carbocycles. The average molecular weight is 483 g/mol. The fourth-order valence-electron chi connectivity index (χ4n) is 6.17. The molecule has 1 aliphatic carbocycles. The molecular weight excluding hydrogens is 440 g/mol. The van der Waals surface area contributed by atoms with Gasteiger partial charge in [0, 0.05) is 32.6 Å². The minimum atomic E-state index is -0.891. The first kappa shape index (κ1) is 25.7. The maximum atomic E-state index is 13.8. The number of urea groups is 1. The minimum absolute atomic E-state index is 0.0331. The minimum Gasteiger partial charge on any atom is -0.343 e. The van der Waals surface area contributed by atoms with Crippen molar-refractivity contribution in [3.63, 3.8) is 0 Å². The van der Waals surface area contributed by atoms with Crippen LogP contribution in [-0.4, -0.2) is 78.4 Å². The maximum absolute atomic E-state index is 13.8. The number of likely N-dealkylation sites (tertiary alicyclic amines) is 1. The van der Waals surface area contributed by atoms with Gasteiger partial charge in [-0.2, -0.15) is 0 Å². The molecular formula is C28H42N4O3. The van der Waals surface area contributed by atoms with E-state index in [0.717, 1.165) is 19.3 Å². The van der Waals surface area contributed by atoms with Crippen LogP contribution in [0.15, 0.2) is 30.3 Å². The van der Waals surface area contributed by atoms with E-state index in [2.05, 4.69) is 17.4 Å². The van der Waals surface area contributed by atoms with Crippen LogP contribution in [0.3, 0.4) is 0 Å². The van der Waals surface area contributed by atoms with Gasteiger partial charge >= 0.3 is 6.03 Å². The molecule has 4 amide bonds. The van der Waals surface area contributed by atoms with Crippen molar-refractivity contribution < 1.29 is 14.4 Å². The Labute approximate surface area is 210 Å². The summed E-state index contributed by atoms with van der Waals surface area (Å²) in [6.45, 7) is 2.37. The first-order valence-corrected chi connectivity index (χ1v) is 13.5. The molecule has 3 fully saturated rings. The number of aryl methyl sites for hydroxylation is 1. The maximum Gasteiger partial charge on any atom is 0.325 e. The van der Waals surface area contributed by atoms with E-state index in [4.69, 9.17) is 0 Å². The molecule has 2 saturated heterocycles. The van der Waals surface area contributed by atoms with Crippen LogP contribution in [-0.2, 0) is 16.0 Å². The Morgan fingerprint density at radius 1 is 1.03 bits per heavy atom. The Morgan fingerprint density at radius 2 is 1.71 bits per heavy atom. The summed E-state index contributed by atoms with van der Waals surface area (Å²) in [7, 11) is 3.89. The summed E-state index contributed by atoms with van der Waals surface area (Å²) in [5.74, 6) is 0.744. The Morgan fingerprint density at radius 3 is 2.37 bits per heavy atom. The largest absolute Gasteiger partial charge is 0.343 e. The molecule has 4 rings (SSSR count). The Bertz CT molecular complexity index is 875. The smallest absolute Gasteiger partial charge is 0.325 e. The lowest BCUT2D eigenvalue weighted by Gasteiger charge is -2.41. The molecule has 7 heteroatoms. The van der Waals surface area contributed by atoms with Crippen LogP contribution < -0.4 is 5.32 Å². The Kier molecular flexibility index (Phi) is 8.47. The molecule has 1 N–H and O–H groups in total. The summed E-state index contributed by atoms with van der Waals surface area (Å²) < 4.78 is 0. The number of imide groups is 1. The lowest BCUT2D eigenvalue weighted by atomic mass is 9.74. The zero-order valence-electron chi connectivity index (χ0n) is 21.5. The van der Waals surface area contributed by atoms with Crippen molar-refractivity contribution in [1.82, 2.24) is 20.0 Å². The number of piperidine rings is 1. The van der Waals surface area contributed by atoms with Crippen molar-refractivity contribution in [1.29, 1.82) is 0 Å². The second kappa shape index (κ2) is 11.5. The van der Waals surface area contributed by atoms with Crippen molar-refractivity contribution in [2.75, 3.05) is 40.3 Å². The Balaban J connectivity index is 1.44. The summed E-state index contributed by atoms with van der Waals surface area (Å²) in [5, 5.41) is 3.16. The predicted molar refractivity (Wildman–Crippen MR) is 137 cm³/mol. The van der Waals surface area contributed by atoms with Crippen molar-refractivity contribution in [2.24, 2.45) is 11.8 Å². The van der Waals surface area contributed by atoms with Crippen molar-refractivity contribution in [3.05, 3.63) is 35.9 Å². The van der Waals surface area contributed by atoms with Gasteiger partial charge in [0.25, 0.3) is 5.91 Å². The summed E-state index contributed by atoms with van der Waals surface area (Å²) in [4.78, 5) is 45.1. The van der Waals surface area contributed by atoms with E-state index in [9.17, 15) is 14.4 Å². The molecule has 1 atom stereocenters. The fraction of sp³-hybridized carbons (Fsp3) is 0.679. The molecule has 1 aromatic carbocycles. The number of hydrogen-bond donors (Lipinski definition) is 1. The molecule has 2 heterocycles. The zero-order valence-corrected chi connectivity index (χ0v) is 21.5. The van der Waals surface area contributed by atoms with Crippen molar-refractivity contribution in [3.8, 4) is 0 Å². The molecule has 0 unspecified atom stereocenters. The Hall–Kier alpha value is -2.41.